The highest BCUT2D eigenvalue weighted by Crippen LogP contribution is 2.56. The van der Waals surface area contributed by atoms with Crippen LogP contribution in [0.15, 0.2) is 54.6 Å². The van der Waals surface area contributed by atoms with Gasteiger partial charge in [-0.05, 0) is 57.4 Å². The number of carbonyl (C=O) groups is 4. The van der Waals surface area contributed by atoms with E-state index in [0.29, 0.717) is 38.8 Å². The number of rotatable bonds is 9. The molecular weight excluding hydrogens is 634 g/mol. The summed E-state index contributed by atoms with van der Waals surface area (Å²) in [6.07, 6.45) is 10.4. The van der Waals surface area contributed by atoms with Crippen LogP contribution in [-0.4, -0.2) is 99.6 Å². The summed E-state index contributed by atoms with van der Waals surface area (Å²) in [5.41, 5.74) is -1.27. The SMILES string of the molecule is C[C@@H]1[C@@H](c2ccccc2)OC(=O)[C@@H]2[C@@H]3C=C[C@]4(O3)[C@H](C(=O)N(C(C)(C)CC(C)(C)C)C/C=C\CCC(=O)N1C)N(CCCCCCO)C(=O)[C@@H]24. The Balaban J connectivity index is 1.60. The number of fused-ring (bicyclic) bond motifs is 2. The second-order valence-electron chi connectivity index (χ2n) is 16.4. The first-order valence-electron chi connectivity index (χ1n) is 18.4. The van der Waals surface area contributed by atoms with Crippen molar-refractivity contribution in [2.75, 3.05) is 26.7 Å². The molecule has 4 aliphatic rings. The molecule has 5 bridgehead atoms. The minimum Gasteiger partial charge on any atom is -0.455 e. The van der Waals surface area contributed by atoms with E-state index in [0.717, 1.165) is 18.4 Å². The van der Waals surface area contributed by atoms with Crippen LogP contribution in [0.5, 0.6) is 0 Å². The van der Waals surface area contributed by atoms with Gasteiger partial charge in [0, 0.05) is 38.7 Å². The molecule has 7 atom stereocenters. The van der Waals surface area contributed by atoms with Crippen LogP contribution in [0.1, 0.15) is 98.2 Å². The standard InChI is InChI=1S/C40H57N3O7/c1-27-33(28-18-12-10-13-19-28)49-37(48)31-29-21-22-40(50-29)32(31)35(46)42(23-15-8-9-17-25-44)34(40)36(47)43(39(5,6)26-38(2,3)4)24-16-11-14-20-30(45)41(27)7/h10-13,16,18-19,21-22,27,29,31-34,44H,8-9,14-15,17,20,23-26H2,1-7H3/b16-11-/t27-,29+,31-,32-,33+,34+,40-/m1/s1. The van der Waals surface area contributed by atoms with Gasteiger partial charge in [-0.3, -0.25) is 19.2 Å². The number of cyclic esters (lactones) is 1. The van der Waals surface area contributed by atoms with Gasteiger partial charge in [-0.15, -0.1) is 0 Å². The molecule has 0 aromatic heterocycles. The number of likely N-dealkylation sites (N-methyl/N-ethyl adjacent to an activating group) is 1. The Morgan fingerprint density at radius 1 is 0.940 bits per heavy atom. The third-order valence-corrected chi connectivity index (χ3v) is 10.9. The summed E-state index contributed by atoms with van der Waals surface area (Å²) in [5, 5.41) is 9.31. The maximum atomic E-state index is 15.2. The zero-order valence-corrected chi connectivity index (χ0v) is 31.0. The molecule has 274 valence electrons. The fourth-order valence-corrected chi connectivity index (χ4v) is 8.78. The number of allylic oxidation sites excluding steroid dienone is 1. The predicted molar refractivity (Wildman–Crippen MR) is 191 cm³/mol. The molecule has 0 aliphatic carbocycles. The molecule has 0 saturated carbocycles. The third kappa shape index (κ3) is 7.42. The molecular formula is C40H57N3O7. The number of hydrogen-bond acceptors (Lipinski definition) is 7. The number of hydrogen-bond donors (Lipinski definition) is 1. The fraction of sp³-hybridized carbons (Fsp3) is 0.650. The molecule has 2 saturated heterocycles. The van der Waals surface area contributed by atoms with Crippen LogP contribution < -0.4 is 0 Å². The number of nitrogens with zero attached hydrogens (tertiary/aromatic N) is 3. The van der Waals surface area contributed by atoms with E-state index in [-0.39, 0.29) is 36.2 Å². The zero-order valence-electron chi connectivity index (χ0n) is 31.0. The number of unbranched alkanes of at least 4 members (excludes halogenated alkanes) is 3. The third-order valence-electron chi connectivity index (χ3n) is 10.9. The molecule has 10 nitrogen and oxygen atoms in total. The van der Waals surface area contributed by atoms with Crippen LogP contribution in [0, 0.1) is 17.3 Å². The second-order valence-corrected chi connectivity index (χ2v) is 16.4. The zero-order chi connectivity index (χ0) is 36.4. The van der Waals surface area contributed by atoms with Crippen LogP contribution >= 0.6 is 0 Å². The molecule has 4 aliphatic heterocycles. The minimum absolute atomic E-state index is 0.0848. The molecule has 1 aromatic carbocycles. The van der Waals surface area contributed by atoms with Gasteiger partial charge in [-0.25, -0.2) is 0 Å². The van der Waals surface area contributed by atoms with E-state index in [9.17, 15) is 19.5 Å². The number of benzene rings is 1. The topological polar surface area (TPSA) is 117 Å². The Morgan fingerprint density at radius 3 is 2.32 bits per heavy atom. The van der Waals surface area contributed by atoms with Crippen LogP contribution in [0.3, 0.4) is 0 Å². The first-order chi connectivity index (χ1) is 23.6. The smallest absolute Gasteiger partial charge is 0.313 e. The Kier molecular flexibility index (Phi) is 11.3. The van der Waals surface area contributed by atoms with Crippen molar-refractivity contribution in [3.8, 4) is 0 Å². The summed E-state index contributed by atoms with van der Waals surface area (Å²) >= 11 is 0. The van der Waals surface area contributed by atoms with Gasteiger partial charge in [0.05, 0.1) is 18.1 Å². The maximum absolute atomic E-state index is 15.2. The number of amides is 3. The number of likely N-dealkylation sites (tertiary alicyclic amines) is 1. The Labute approximate surface area is 297 Å². The summed E-state index contributed by atoms with van der Waals surface area (Å²) < 4.78 is 13.0. The van der Waals surface area contributed by atoms with Gasteiger partial charge in [-0.2, -0.15) is 0 Å². The first kappa shape index (κ1) is 37.7. The summed E-state index contributed by atoms with van der Waals surface area (Å²) in [6, 6.07) is 7.91. The van der Waals surface area contributed by atoms with Crippen molar-refractivity contribution in [2.24, 2.45) is 17.3 Å². The molecule has 50 heavy (non-hydrogen) atoms. The van der Waals surface area contributed by atoms with E-state index in [2.05, 4.69) is 34.6 Å². The van der Waals surface area contributed by atoms with Crippen LogP contribution in [-0.2, 0) is 28.7 Å². The molecule has 4 heterocycles. The lowest BCUT2D eigenvalue weighted by atomic mass is 9.74. The van der Waals surface area contributed by atoms with Crippen molar-refractivity contribution in [1.29, 1.82) is 0 Å². The number of carbonyl (C=O) groups excluding carboxylic acids is 4. The number of ether oxygens (including phenoxy) is 2. The first-order valence-corrected chi connectivity index (χ1v) is 18.4. The molecule has 1 spiro atoms. The van der Waals surface area contributed by atoms with Crippen LogP contribution in [0.25, 0.3) is 0 Å². The van der Waals surface area contributed by atoms with Crippen LogP contribution in [0.4, 0.5) is 0 Å². The summed E-state index contributed by atoms with van der Waals surface area (Å²) in [6.45, 7) is 13.2. The summed E-state index contributed by atoms with van der Waals surface area (Å²) in [7, 11) is 1.73. The number of esters is 1. The normalized spacial score (nSPS) is 31.4. The Bertz CT molecular complexity index is 1470. The highest BCUT2D eigenvalue weighted by Gasteiger charge is 2.73. The molecule has 1 N–H and O–H groups in total. The summed E-state index contributed by atoms with van der Waals surface area (Å²) in [4.78, 5) is 62.8. The lowest BCUT2D eigenvalue weighted by molar-refractivity contribution is -0.164. The van der Waals surface area contributed by atoms with Gasteiger partial charge in [-0.1, -0.05) is 88.2 Å². The molecule has 2 fully saturated rings. The fourth-order valence-electron chi connectivity index (χ4n) is 8.78. The number of aliphatic hydroxyl groups is 1. The predicted octanol–water partition coefficient (Wildman–Crippen LogP) is 5.21. The monoisotopic (exact) mass is 691 g/mol. The Morgan fingerprint density at radius 2 is 1.64 bits per heavy atom. The van der Waals surface area contributed by atoms with E-state index in [1.807, 2.05) is 66.5 Å². The quantitative estimate of drug-likeness (QED) is 0.215. The average Bonchev–Trinajstić information content (AvgIpc) is 3.70. The van der Waals surface area contributed by atoms with Crippen molar-refractivity contribution in [3.63, 3.8) is 0 Å². The van der Waals surface area contributed by atoms with Gasteiger partial charge < -0.3 is 29.3 Å². The highest BCUT2D eigenvalue weighted by molar-refractivity contribution is 5.99. The van der Waals surface area contributed by atoms with Gasteiger partial charge in [0.1, 0.15) is 23.7 Å². The minimum atomic E-state index is -1.32. The van der Waals surface area contributed by atoms with E-state index >= 15 is 4.79 Å². The van der Waals surface area contributed by atoms with Gasteiger partial charge in [0.2, 0.25) is 17.7 Å². The summed E-state index contributed by atoms with van der Waals surface area (Å²) in [5.74, 6) is -3.03. The molecule has 10 heteroatoms. The van der Waals surface area contributed by atoms with E-state index < -0.39 is 53.2 Å². The van der Waals surface area contributed by atoms with E-state index in [1.165, 1.54) is 0 Å². The average molecular weight is 692 g/mol. The van der Waals surface area contributed by atoms with Crippen molar-refractivity contribution in [2.45, 2.75) is 122 Å². The van der Waals surface area contributed by atoms with Crippen molar-refractivity contribution in [1.82, 2.24) is 14.7 Å². The molecule has 5 rings (SSSR count). The lowest BCUT2D eigenvalue weighted by Gasteiger charge is -2.45. The van der Waals surface area contributed by atoms with Gasteiger partial charge in [0.25, 0.3) is 0 Å². The lowest BCUT2D eigenvalue weighted by Crippen LogP contribution is -2.60. The van der Waals surface area contributed by atoms with Crippen molar-refractivity contribution in [3.05, 3.63) is 60.2 Å². The van der Waals surface area contributed by atoms with Crippen molar-refractivity contribution >= 4 is 23.7 Å². The Hall–Kier alpha value is -3.50. The van der Waals surface area contributed by atoms with E-state index in [1.54, 1.807) is 16.8 Å². The van der Waals surface area contributed by atoms with Gasteiger partial charge in [0.15, 0.2) is 0 Å². The van der Waals surface area contributed by atoms with Crippen molar-refractivity contribution < 1.29 is 33.8 Å². The van der Waals surface area contributed by atoms with E-state index in [4.69, 9.17) is 9.47 Å². The molecule has 0 radical (unpaired) electrons. The largest absolute Gasteiger partial charge is 0.455 e. The van der Waals surface area contributed by atoms with Crippen LogP contribution in [0.2, 0.25) is 0 Å². The molecule has 0 unspecified atom stereocenters. The molecule has 1 aromatic rings. The highest BCUT2D eigenvalue weighted by atomic mass is 16.6. The maximum Gasteiger partial charge on any atom is 0.313 e. The second kappa shape index (κ2) is 15.0. The number of aliphatic hydroxyl groups excluding tert-OH is 1. The molecule has 3 amide bonds. The van der Waals surface area contributed by atoms with Gasteiger partial charge >= 0.3 is 5.97 Å².